The fourth-order valence-electron chi connectivity index (χ4n) is 1.53. The first-order valence-electron chi connectivity index (χ1n) is 6.11. The smallest absolute Gasteiger partial charge is 0.220 e. The van der Waals surface area contributed by atoms with Gasteiger partial charge in [0.2, 0.25) is 5.91 Å². The Balaban J connectivity index is 2.37. The van der Waals surface area contributed by atoms with Crippen LogP contribution in [0.2, 0.25) is 0 Å². The third-order valence-electron chi connectivity index (χ3n) is 2.50. The lowest BCUT2D eigenvalue weighted by atomic mass is 10.2. The summed E-state index contributed by atoms with van der Waals surface area (Å²) in [4.78, 5) is 11.2. The number of carbonyl (C=O) groups excluding carboxylic acids is 1. The van der Waals surface area contributed by atoms with Crippen molar-refractivity contribution in [1.29, 1.82) is 0 Å². The van der Waals surface area contributed by atoms with Crippen molar-refractivity contribution in [1.82, 2.24) is 5.32 Å². The zero-order valence-corrected chi connectivity index (χ0v) is 11.0. The molecule has 4 N–H and O–H groups in total. The number of carbonyl (C=O) groups is 1. The third-order valence-corrected chi connectivity index (χ3v) is 2.50. The molecule has 0 atom stereocenters. The van der Waals surface area contributed by atoms with Gasteiger partial charge in [-0.05, 0) is 18.6 Å². The highest BCUT2D eigenvalue weighted by molar-refractivity contribution is 5.75. The Morgan fingerprint density at radius 1 is 1.39 bits per heavy atom. The second kappa shape index (κ2) is 7.42. The summed E-state index contributed by atoms with van der Waals surface area (Å²) < 4.78 is 5.12. The quantitative estimate of drug-likeness (QED) is 0.508. The molecule has 0 radical (unpaired) electrons. The van der Waals surface area contributed by atoms with Gasteiger partial charge in [0.25, 0.3) is 0 Å². The van der Waals surface area contributed by atoms with Crippen molar-refractivity contribution in [2.45, 2.75) is 19.8 Å². The molecule has 1 rings (SSSR count). The van der Waals surface area contributed by atoms with E-state index in [9.17, 15) is 4.79 Å². The Bertz CT molecular complexity index is 394. The molecule has 1 aromatic rings. The van der Waals surface area contributed by atoms with E-state index in [0.29, 0.717) is 25.2 Å². The van der Waals surface area contributed by atoms with E-state index < -0.39 is 0 Å². The SMILES string of the molecule is CCCC(=O)NCCNc1cc(OC)ccc1N. The molecule has 0 aromatic heterocycles. The maximum atomic E-state index is 11.2. The summed E-state index contributed by atoms with van der Waals surface area (Å²) in [6.07, 6.45) is 1.43. The van der Waals surface area contributed by atoms with Gasteiger partial charge in [-0.25, -0.2) is 0 Å². The van der Waals surface area contributed by atoms with Gasteiger partial charge in [-0.3, -0.25) is 4.79 Å². The molecule has 0 bridgehead atoms. The van der Waals surface area contributed by atoms with E-state index in [0.717, 1.165) is 17.9 Å². The van der Waals surface area contributed by atoms with Gasteiger partial charge in [-0.15, -0.1) is 0 Å². The summed E-state index contributed by atoms with van der Waals surface area (Å²) >= 11 is 0. The van der Waals surface area contributed by atoms with E-state index in [1.165, 1.54) is 0 Å². The molecule has 0 aliphatic heterocycles. The van der Waals surface area contributed by atoms with Gasteiger partial charge in [-0.1, -0.05) is 6.92 Å². The van der Waals surface area contributed by atoms with Crippen LogP contribution in [0, 0.1) is 0 Å². The van der Waals surface area contributed by atoms with Crippen molar-refractivity contribution >= 4 is 17.3 Å². The first-order valence-corrected chi connectivity index (χ1v) is 6.11. The number of rotatable bonds is 7. The highest BCUT2D eigenvalue weighted by atomic mass is 16.5. The lowest BCUT2D eigenvalue weighted by Gasteiger charge is -2.11. The second-order valence-electron chi connectivity index (χ2n) is 3.98. The molecular weight excluding hydrogens is 230 g/mol. The molecule has 0 spiro atoms. The number of methoxy groups -OCH3 is 1. The summed E-state index contributed by atoms with van der Waals surface area (Å²) in [5.41, 5.74) is 7.31. The highest BCUT2D eigenvalue weighted by Crippen LogP contribution is 2.23. The molecule has 18 heavy (non-hydrogen) atoms. The van der Waals surface area contributed by atoms with Crippen molar-refractivity contribution < 1.29 is 9.53 Å². The van der Waals surface area contributed by atoms with Crippen LogP contribution in [0.4, 0.5) is 11.4 Å². The average molecular weight is 251 g/mol. The van der Waals surface area contributed by atoms with Crippen molar-refractivity contribution in [3.05, 3.63) is 18.2 Å². The van der Waals surface area contributed by atoms with Crippen molar-refractivity contribution in [2.75, 3.05) is 31.2 Å². The van der Waals surface area contributed by atoms with Gasteiger partial charge >= 0.3 is 0 Å². The van der Waals surface area contributed by atoms with Gasteiger partial charge < -0.3 is 21.1 Å². The summed E-state index contributed by atoms with van der Waals surface area (Å²) in [5, 5.41) is 5.99. The Hall–Kier alpha value is -1.91. The standard InChI is InChI=1S/C13H21N3O2/c1-3-4-13(17)16-8-7-15-12-9-10(18-2)5-6-11(12)14/h5-6,9,15H,3-4,7-8,14H2,1-2H3,(H,16,17). The molecule has 1 aromatic carbocycles. The van der Waals surface area contributed by atoms with Crippen LogP contribution in [0.15, 0.2) is 18.2 Å². The van der Waals surface area contributed by atoms with E-state index in [-0.39, 0.29) is 5.91 Å². The summed E-state index contributed by atoms with van der Waals surface area (Å²) in [5.74, 6) is 0.833. The van der Waals surface area contributed by atoms with Crippen molar-refractivity contribution in [3.63, 3.8) is 0 Å². The van der Waals surface area contributed by atoms with Crippen LogP contribution >= 0.6 is 0 Å². The number of nitrogens with one attached hydrogen (secondary N) is 2. The first-order chi connectivity index (χ1) is 8.67. The molecule has 0 saturated carbocycles. The van der Waals surface area contributed by atoms with Crippen LogP contribution in [0.1, 0.15) is 19.8 Å². The average Bonchev–Trinajstić information content (AvgIpc) is 2.37. The summed E-state index contributed by atoms with van der Waals surface area (Å²) in [6.45, 7) is 3.19. The minimum Gasteiger partial charge on any atom is -0.497 e. The number of ether oxygens (including phenoxy) is 1. The van der Waals surface area contributed by atoms with Crippen molar-refractivity contribution in [3.8, 4) is 5.75 Å². The van der Waals surface area contributed by atoms with E-state index in [2.05, 4.69) is 10.6 Å². The second-order valence-corrected chi connectivity index (χ2v) is 3.98. The van der Waals surface area contributed by atoms with Gasteiger partial charge in [0.05, 0.1) is 18.5 Å². The monoisotopic (exact) mass is 251 g/mol. The number of benzene rings is 1. The molecule has 0 unspecified atom stereocenters. The molecule has 0 fully saturated rings. The maximum absolute atomic E-state index is 11.2. The van der Waals surface area contributed by atoms with Crippen LogP contribution in [0.3, 0.4) is 0 Å². The molecule has 1 amide bonds. The van der Waals surface area contributed by atoms with Crippen LogP contribution in [0.5, 0.6) is 5.75 Å². The molecule has 0 aliphatic rings. The molecule has 0 saturated heterocycles. The number of hydrogen-bond acceptors (Lipinski definition) is 4. The fourth-order valence-corrected chi connectivity index (χ4v) is 1.53. The highest BCUT2D eigenvalue weighted by Gasteiger charge is 2.01. The lowest BCUT2D eigenvalue weighted by molar-refractivity contribution is -0.121. The third kappa shape index (κ3) is 4.53. The fraction of sp³-hybridized carbons (Fsp3) is 0.462. The Labute approximate surface area is 108 Å². The Morgan fingerprint density at radius 2 is 2.17 bits per heavy atom. The van der Waals surface area contributed by atoms with Gasteiger partial charge in [0, 0.05) is 25.6 Å². The van der Waals surface area contributed by atoms with Gasteiger partial charge in [0.1, 0.15) is 5.75 Å². The van der Waals surface area contributed by atoms with E-state index >= 15 is 0 Å². The normalized spacial score (nSPS) is 9.89. The number of anilines is 2. The molecular formula is C13H21N3O2. The minimum absolute atomic E-state index is 0.0814. The zero-order valence-electron chi connectivity index (χ0n) is 11.0. The van der Waals surface area contributed by atoms with Gasteiger partial charge in [0.15, 0.2) is 0 Å². The van der Waals surface area contributed by atoms with E-state index in [1.54, 1.807) is 13.2 Å². The molecule has 100 valence electrons. The van der Waals surface area contributed by atoms with Crippen LogP contribution in [0.25, 0.3) is 0 Å². The van der Waals surface area contributed by atoms with Crippen LogP contribution in [-0.4, -0.2) is 26.1 Å². The van der Waals surface area contributed by atoms with Crippen LogP contribution in [-0.2, 0) is 4.79 Å². The predicted octanol–water partition coefficient (Wildman–Crippen LogP) is 1.61. The topological polar surface area (TPSA) is 76.4 Å². The molecule has 5 nitrogen and oxygen atoms in total. The number of amides is 1. The van der Waals surface area contributed by atoms with E-state index in [4.69, 9.17) is 10.5 Å². The zero-order chi connectivity index (χ0) is 13.4. The lowest BCUT2D eigenvalue weighted by Crippen LogP contribution is -2.28. The maximum Gasteiger partial charge on any atom is 0.220 e. The molecule has 0 aliphatic carbocycles. The number of hydrogen-bond donors (Lipinski definition) is 3. The Kier molecular flexibility index (Phi) is 5.84. The minimum atomic E-state index is 0.0814. The number of nitrogens with two attached hydrogens (primary N) is 1. The number of nitrogen functional groups attached to an aromatic ring is 1. The van der Waals surface area contributed by atoms with Crippen LogP contribution < -0.4 is 21.1 Å². The first kappa shape index (κ1) is 14.2. The summed E-state index contributed by atoms with van der Waals surface area (Å²) in [6, 6.07) is 5.43. The van der Waals surface area contributed by atoms with E-state index in [1.807, 2.05) is 19.1 Å². The largest absolute Gasteiger partial charge is 0.497 e. The van der Waals surface area contributed by atoms with Crippen molar-refractivity contribution in [2.24, 2.45) is 0 Å². The molecule has 5 heteroatoms. The van der Waals surface area contributed by atoms with Gasteiger partial charge in [-0.2, -0.15) is 0 Å². The summed E-state index contributed by atoms with van der Waals surface area (Å²) in [7, 11) is 1.61. The predicted molar refractivity (Wildman–Crippen MR) is 73.8 cm³/mol. The Morgan fingerprint density at radius 3 is 2.83 bits per heavy atom. The molecule has 0 heterocycles.